The van der Waals surface area contributed by atoms with Crippen LogP contribution in [0.5, 0.6) is 0 Å². The molecule has 2 aromatic rings. The summed E-state index contributed by atoms with van der Waals surface area (Å²) < 4.78 is 0. The van der Waals surface area contributed by atoms with E-state index in [9.17, 15) is 19.5 Å². The third kappa shape index (κ3) is 3.84. The molecule has 0 spiro atoms. The number of fused-ring (bicyclic) bond motifs is 1. The van der Waals surface area contributed by atoms with E-state index in [1.165, 1.54) is 28.0 Å². The number of carbonyl (C=O) groups excluding carboxylic acids is 2. The van der Waals surface area contributed by atoms with Crippen molar-refractivity contribution in [1.29, 1.82) is 0 Å². The largest absolute Gasteiger partial charge is 1.00 e. The van der Waals surface area contributed by atoms with E-state index in [4.69, 9.17) is 5.73 Å². The van der Waals surface area contributed by atoms with Gasteiger partial charge in [0.05, 0.1) is 6.42 Å². The number of anilines is 1. The van der Waals surface area contributed by atoms with Gasteiger partial charge in [-0.25, -0.2) is 4.79 Å². The molecule has 0 bridgehead atoms. The first-order valence-corrected chi connectivity index (χ1v) is 10.5. The number of hydrogen-bond donors (Lipinski definition) is 3. The van der Waals surface area contributed by atoms with Crippen molar-refractivity contribution in [3.8, 4) is 0 Å². The smallest absolute Gasteiger partial charge is 1.00 e. The molecular formula is C15H14N5NaO4S3. The summed E-state index contributed by atoms with van der Waals surface area (Å²) in [6.07, 6.45) is 0.190. The Morgan fingerprint density at radius 3 is 2.82 bits per heavy atom. The van der Waals surface area contributed by atoms with Gasteiger partial charge in [-0.05, 0) is 11.4 Å². The first kappa shape index (κ1) is 21.3. The summed E-state index contributed by atoms with van der Waals surface area (Å²) in [6.45, 7) is 0. The molecule has 142 valence electrons. The quantitative estimate of drug-likeness (QED) is 0.345. The van der Waals surface area contributed by atoms with E-state index < -0.39 is 23.3 Å². The molecule has 0 radical (unpaired) electrons. The van der Waals surface area contributed by atoms with Crippen molar-refractivity contribution < 1.29 is 50.5 Å². The molecule has 9 nitrogen and oxygen atoms in total. The molecule has 2 aliphatic rings. The fourth-order valence-electron chi connectivity index (χ4n) is 2.94. The Balaban J connectivity index is 0.00000150. The number of amides is 2. The van der Waals surface area contributed by atoms with Gasteiger partial charge in [-0.1, -0.05) is 17.4 Å². The number of carbonyl (C=O) groups is 3. The SMILES string of the molecule is Nc1nnc(C2=C(C(=O)O)N3C(=O)C(NC(=O)Cc4cccs4)[C@H]3SC2)s1.[H-].[Na+]. The van der Waals surface area contributed by atoms with Crippen LogP contribution in [0.2, 0.25) is 0 Å². The topological polar surface area (TPSA) is 139 Å². The predicted molar refractivity (Wildman–Crippen MR) is 103 cm³/mol. The Morgan fingerprint density at radius 1 is 1.43 bits per heavy atom. The van der Waals surface area contributed by atoms with Crippen molar-refractivity contribution in [3.05, 3.63) is 33.1 Å². The Hall–Kier alpha value is -1.44. The van der Waals surface area contributed by atoms with Crippen LogP contribution >= 0.6 is 34.4 Å². The van der Waals surface area contributed by atoms with Gasteiger partial charge in [0.25, 0.3) is 5.91 Å². The average Bonchev–Trinajstić information content (AvgIpc) is 3.29. The molecule has 2 aromatic heterocycles. The van der Waals surface area contributed by atoms with Gasteiger partial charge in [-0.15, -0.1) is 33.3 Å². The minimum absolute atomic E-state index is 0. The number of nitrogen functional groups attached to an aromatic ring is 1. The number of carboxylic acids is 1. The number of aliphatic carboxylic acids is 1. The van der Waals surface area contributed by atoms with E-state index in [0.29, 0.717) is 16.3 Å². The second-order valence-electron chi connectivity index (χ2n) is 5.79. The zero-order chi connectivity index (χ0) is 19.1. The summed E-state index contributed by atoms with van der Waals surface area (Å²) in [5.41, 5.74) is 5.87. The van der Waals surface area contributed by atoms with E-state index in [-0.39, 0.29) is 54.1 Å². The van der Waals surface area contributed by atoms with Gasteiger partial charge in [-0.3, -0.25) is 14.5 Å². The molecule has 4 heterocycles. The van der Waals surface area contributed by atoms with Crippen LogP contribution < -0.4 is 40.6 Å². The molecule has 1 fully saturated rings. The minimum Gasteiger partial charge on any atom is -1.00 e. The van der Waals surface area contributed by atoms with Crippen LogP contribution in [0, 0.1) is 0 Å². The maximum atomic E-state index is 12.6. The van der Waals surface area contributed by atoms with Gasteiger partial charge in [0, 0.05) is 16.2 Å². The maximum Gasteiger partial charge on any atom is 1.00 e. The van der Waals surface area contributed by atoms with Gasteiger partial charge in [0.15, 0.2) is 0 Å². The summed E-state index contributed by atoms with van der Waals surface area (Å²) in [5, 5.41) is 22.0. The van der Waals surface area contributed by atoms with Gasteiger partial charge < -0.3 is 17.6 Å². The first-order valence-electron chi connectivity index (χ1n) is 7.78. The molecule has 13 heteroatoms. The summed E-state index contributed by atoms with van der Waals surface area (Å²) in [4.78, 5) is 38.7. The van der Waals surface area contributed by atoms with E-state index in [1.807, 2.05) is 17.5 Å². The number of carboxylic acid groups (broad SMARTS) is 1. The Kier molecular flexibility index (Phi) is 6.47. The zero-order valence-electron chi connectivity index (χ0n) is 15.6. The van der Waals surface area contributed by atoms with E-state index >= 15 is 0 Å². The molecule has 0 aliphatic carbocycles. The van der Waals surface area contributed by atoms with Gasteiger partial charge in [0.1, 0.15) is 22.1 Å². The van der Waals surface area contributed by atoms with Crippen LogP contribution in [0.4, 0.5) is 5.13 Å². The van der Waals surface area contributed by atoms with Crippen LogP contribution in [-0.4, -0.2) is 55.2 Å². The van der Waals surface area contributed by atoms with Gasteiger partial charge in [-0.2, -0.15) is 0 Å². The number of thiophene rings is 1. The number of nitrogens with zero attached hydrogens (tertiary/aromatic N) is 3. The second kappa shape index (κ2) is 8.51. The van der Waals surface area contributed by atoms with Crippen molar-refractivity contribution in [2.45, 2.75) is 17.8 Å². The molecule has 1 unspecified atom stereocenters. The van der Waals surface area contributed by atoms with Crippen molar-refractivity contribution in [2.24, 2.45) is 0 Å². The number of β-lactam (4-membered cyclic amide) rings is 1. The third-order valence-corrected chi connectivity index (χ3v) is 7.07. The van der Waals surface area contributed by atoms with E-state index in [1.54, 1.807) is 0 Å². The minimum atomic E-state index is -1.22. The van der Waals surface area contributed by atoms with Gasteiger partial charge >= 0.3 is 35.5 Å². The van der Waals surface area contributed by atoms with Crippen molar-refractivity contribution >= 4 is 62.9 Å². The fourth-order valence-corrected chi connectivity index (χ4v) is 5.73. The standard InChI is InChI=1S/C15H13N5O4S3.Na.H/c16-15-19-18-11(27-15)7-5-26-13-9(12(22)20(13)10(7)14(23)24)17-8(21)4-6-2-1-3-25-6;;/h1-3,9,13H,4-5H2,(H2,16,19)(H,17,21)(H,23,24);;/q;+1;-1/t9?,13-;;/m1../s1. The third-order valence-electron chi connectivity index (χ3n) is 4.10. The first-order chi connectivity index (χ1) is 13.0. The van der Waals surface area contributed by atoms with Crippen molar-refractivity contribution in [1.82, 2.24) is 20.4 Å². The van der Waals surface area contributed by atoms with E-state index in [2.05, 4.69) is 15.5 Å². The monoisotopic (exact) mass is 447 g/mol. The Labute approximate surface area is 195 Å². The zero-order valence-corrected chi connectivity index (χ0v) is 19.1. The Morgan fingerprint density at radius 2 is 2.21 bits per heavy atom. The van der Waals surface area contributed by atoms with Crippen LogP contribution in [0.1, 0.15) is 11.3 Å². The number of nitrogens with one attached hydrogen (secondary N) is 1. The summed E-state index contributed by atoms with van der Waals surface area (Å²) in [7, 11) is 0. The maximum absolute atomic E-state index is 12.6. The molecule has 4 N–H and O–H groups in total. The average molecular weight is 447 g/mol. The Bertz CT molecular complexity index is 967. The molecule has 2 atom stereocenters. The van der Waals surface area contributed by atoms with Crippen LogP contribution in [0.3, 0.4) is 0 Å². The molecule has 0 saturated carbocycles. The molecule has 2 aliphatic heterocycles. The normalized spacial score (nSPS) is 20.9. The number of hydrogen-bond acceptors (Lipinski definition) is 9. The second-order valence-corrected chi connectivity index (χ2v) is 8.94. The van der Waals surface area contributed by atoms with Crippen LogP contribution in [0.15, 0.2) is 23.2 Å². The van der Waals surface area contributed by atoms with Crippen LogP contribution in [-0.2, 0) is 20.8 Å². The molecule has 2 amide bonds. The summed E-state index contributed by atoms with van der Waals surface area (Å²) >= 11 is 3.91. The van der Waals surface area contributed by atoms with E-state index in [0.717, 1.165) is 16.2 Å². The number of thioether (sulfide) groups is 1. The fraction of sp³-hybridized carbons (Fsp3) is 0.267. The summed E-state index contributed by atoms with van der Waals surface area (Å²) in [5.74, 6) is -1.60. The number of aromatic nitrogens is 2. The predicted octanol–water partition coefficient (Wildman–Crippen LogP) is -2.26. The van der Waals surface area contributed by atoms with Gasteiger partial charge in [0.2, 0.25) is 11.0 Å². The molecule has 4 rings (SSSR count). The molecule has 1 saturated heterocycles. The van der Waals surface area contributed by atoms with Crippen LogP contribution in [0.25, 0.3) is 5.57 Å². The molecule has 28 heavy (non-hydrogen) atoms. The number of rotatable bonds is 5. The molecule has 0 aromatic carbocycles. The molecular weight excluding hydrogens is 433 g/mol. The summed E-state index contributed by atoms with van der Waals surface area (Å²) in [6, 6.07) is 2.96. The van der Waals surface area contributed by atoms with Crippen molar-refractivity contribution in [2.75, 3.05) is 11.5 Å². The van der Waals surface area contributed by atoms with Crippen molar-refractivity contribution in [3.63, 3.8) is 0 Å². The number of nitrogens with two attached hydrogens (primary N) is 1.